The summed E-state index contributed by atoms with van der Waals surface area (Å²) in [6, 6.07) is 6.02. The van der Waals surface area contributed by atoms with E-state index in [-0.39, 0.29) is 12.2 Å². The maximum absolute atomic E-state index is 12.1. The van der Waals surface area contributed by atoms with E-state index in [4.69, 9.17) is 0 Å². The molecule has 0 saturated carbocycles. The van der Waals surface area contributed by atoms with Crippen molar-refractivity contribution in [3.05, 3.63) is 29.8 Å². The van der Waals surface area contributed by atoms with Crippen molar-refractivity contribution in [2.75, 3.05) is 13.0 Å². The molecule has 0 N–H and O–H groups in total. The monoisotopic (exact) mass is 364 g/mol. The van der Waals surface area contributed by atoms with Gasteiger partial charge in [0.25, 0.3) is 0 Å². The SMILES string of the molecule is COC(=O)CC(C)C(=O)c1ccc(SCOC(=O)C(F)(F)F)cc1. The number of carbonyl (C=O) groups excluding carboxylic acids is 3. The number of rotatable bonds is 7. The molecule has 5 nitrogen and oxygen atoms in total. The first-order valence-corrected chi connectivity index (χ1v) is 7.71. The van der Waals surface area contributed by atoms with Gasteiger partial charge in [-0.05, 0) is 12.1 Å². The summed E-state index contributed by atoms with van der Waals surface area (Å²) >= 11 is 0.879. The Bertz CT molecular complexity index is 598. The highest BCUT2D eigenvalue weighted by molar-refractivity contribution is 7.99. The summed E-state index contributed by atoms with van der Waals surface area (Å²) in [4.78, 5) is 34.3. The fraction of sp³-hybridized carbons (Fsp3) is 0.400. The Kier molecular flexibility index (Phi) is 7.27. The molecule has 0 radical (unpaired) electrons. The number of hydrogen-bond acceptors (Lipinski definition) is 6. The molecule has 0 fully saturated rings. The van der Waals surface area contributed by atoms with E-state index in [9.17, 15) is 27.6 Å². The smallest absolute Gasteiger partial charge is 0.469 e. The average molecular weight is 364 g/mol. The van der Waals surface area contributed by atoms with Gasteiger partial charge in [0.15, 0.2) is 5.78 Å². The summed E-state index contributed by atoms with van der Waals surface area (Å²) in [6.07, 6.45) is -5.06. The first-order valence-electron chi connectivity index (χ1n) is 6.73. The highest BCUT2D eigenvalue weighted by atomic mass is 32.2. The summed E-state index contributed by atoms with van der Waals surface area (Å²) in [5, 5.41) is 0. The Hall–Kier alpha value is -2.03. The van der Waals surface area contributed by atoms with E-state index < -0.39 is 30.0 Å². The number of hydrogen-bond donors (Lipinski definition) is 0. The highest BCUT2D eigenvalue weighted by Crippen LogP contribution is 2.23. The lowest BCUT2D eigenvalue weighted by atomic mass is 9.96. The summed E-state index contributed by atoms with van der Waals surface area (Å²) < 4.78 is 44.4. The van der Waals surface area contributed by atoms with Crippen molar-refractivity contribution < 1.29 is 37.0 Å². The third-order valence-electron chi connectivity index (χ3n) is 2.93. The zero-order valence-electron chi connectivity index (χ0n) is 12.9. The summed E-state index contributed by atoms with van der Waals surface area (Å²) in [6.45, 7) is 1.60. The quantitative estimate of drug-likeness (QED) is 0.320. The molecule has 1 atom stereocenters. The Balaban J connectivity index is 2.55. The molecule has 0 aromatic heterocycles. The highest BCUT2D eigenvalue weighted by Gasteiger charge is 2.40. The molecule has 132 valence electrons. The number of thioether (sulfide) groups is 1. The van der Waals surface area contributed by atoms with Gasteiger partial charge in [-0.2, -0.15) is 13.2 Å². The maximum atomic E-state index is 12.1. The molecule has 1 aromatic rings. The van der Waals surface area contributed by atoms with E-state index in [0.717, 1.165) is 11.8 Å². The van der Waals surface area contributed by atoms with Crippen molar-refractivity contribution in [2.24, 2.45) is 5.92 Å². The molecular weight excluding hydrogens is 349 g/mol. The zero-order chi connectivity index (χ0) is 18.3. The van der Waals surface area contributed by atoms with Crippen LogP contribution in [0.3, 0.4) is 0 Å². The summed E-state index contributed by atoms with van der Waals surface area (Å²) in [7, 11) is 1.23. The fourth-order valence-corrected chi connectivity index (χ4v) is 2.29. The number of benzene rings is 1. The van der Waals surface area contributed by atoms with E-state index in [2.05, 4.69) is 9.47 Å². The second-order valence-corrected chi connectivity index (χ2v) is 5.76. The molecule has 0 saturated heterocycles. The van der Waals surface area contributed by atoms with Crippen LogP contribution in [0.1, 0.15) is 23.7 Å². The molecule has 0 spiro atoms. The molecule has 0 heterocycles. The maximum Gasteiger partial charge on any atom is 0.490 e. The standard InChI is InChI=1S/C15H15F3O5S/c1-9(7-12(19)22-2)13(20)10-3-5-11(6-4-10)24-8-23-14(21)15(16,17)18/h3-6,9H,7-8H2,1-2H3. The number of carbonyl (C=O) groups is 3. The number of Topliss-reactive ketones (excluding diaryl/α,β-unsaturated/α-hetero) is 1. The van der Waals surface area contributed by atoms with Crippen molar-refractivity contribution in [3.8, 4) is 0 Å². The first kappa shape index (κ1) is 20.0. The van der Waals surface area contributed by atoms with Gasteiger partial charge in [0.2, 0.25) is 0 Å². The number of halogens is 3. The third kappa shape index (κ3) is 6.23. The fourth-order valence-electron chi connectivity index (χ4n) is 1.66. The van der Waals surface area contributed by atoms with Crippen LogP contribution in [-0.4, -0.2) is 36.9 Å². The lowest BCUT2D eigenvalue weighted by Crippen LogP contribution is -2.25. The number of esters is 2. The van der Waals surface area contributed by atoms with Crippen LogP contribution in [-0.2, 0) is 19.1 Å². The van der Waals surface area contributed by atoms with Crippen LogP contribution in [0.15, 0.2) is 29.2 Å². The van der Waals surface area contributed by atoms with Gasteiger partial charge in [0, 0.05) is 16.4 Å². The molecule has 1 aromatic carbocycles. The summed E-state index contributed by atoms with van der Waals surface area (Å²) in [5.74, 6) is -4.04. The normalized spacial score (nSPS) is 12.4. The van der Waals surface area contributed by atoms with Gasteiger partial charge in [-0.15, -0.1) is 0 Å². The van der Waals surface area contributed by atoms with E-state index >= 15 is 0 Å². The second kappa shape index (κ2) is 8.72. The van der Waals surface area contributed by atoms with Crippen LogP contribution in [0.5, 0.6) is 0 Å². The predicted molar refractivity (Wildman–Crippen MR) is 79.4 cm³/mol. The predicted octanol–water partition coefficient (Wildman–Crippen LogP) is 3.22. The minimum Gasteiger partial charge on any atom is -0.469 e. The largest absolute Gasteiger partial charge is 0.490 e. The number of ether oxygens (including phenoxy) is 2. The lowest BCUT2D eigenvalue weighted by molar-refractivity contribution is -0.197. The number of alkyl halides is 3. The molecule has 1 unspecified atom stereocenters. The Labute approximate surface area is 140 Å². The molecule has 0 aliphatic rings. The van der Waals surface area contributed by atoms with Gasteiger partial charge in [-0.25, -0.2) is 4.79 Å². The number of methoxy groups -OCH3 is 1. The number of ketones is 1. The van der Waals surface area contributed by atoms with Crippen LogP contribution in [0, 0.1) is 5.92 Å². The van der Waals surface area contributed by atoms with Crippen molar-refractivity contribution in [1.82, 2.24) is 0 Å². The molecule has 0 aliphatic heterocycles. The minimum atomic E-state index is -5.02. The first-order chi connectivity index (χ1) is 11.1. The molecule has 24 heavy (non-hydrogen) atoms. The molecule has 0 bridgehead atoms. The Morgan fingerprint density at radius 3 is 2.25 bits per heavy atom. The summed E-state index contributed by atoms with van der Waals surface area (Å²) in [5.41, 5.74) is 0.364. The zero-order valence-corrected chi connectivity index (χ0v) is 13.7. The molecule has 9 heteroatoms. The van der Waals surface area contributed by atoms with Crippen LogP contribution in [0.25, 0.3) is 0 Å². The lowest BCUT2D eigenvalue weighted by Gasteiger charge is -2.10. The molecule has 1 rings (SSSR count). The average Bonchev–Trinajstić information content (AvgIpc) is 2.53. The van der Waals surface area contributed by atoms with Gasteiger partial charge >= 0.3 is 18.1 Å². The van der Waals surface area contributed by atoms with Crippen LogP contribution >= 0.6 is 11.8 Å². The van der Waals surface area contributed by atoms with Gasteiger partial charge in [0.05, 0.1) is 13.5 Å². The van der Waals surface area contributed by atoms with E-state index in [1.54, 1.807) is 6.92 Å². The van der Waals surface area contributed by atoms with Gasteiger partial charge in [-0.1, -0.05) is 30.8 Å². The van der Waals surface area contributed by atoms with Gasteiger partial charge in [0.1, 0.15) is 5.94 Å². The van der Waals surface area contributed by atoms with Crippen LogP contribution < -0.4 is 0 Å². The van der Waals surface area contributed by atoms with E-state index in [0.29, 0.717) is 10.5 Å². The Morgan fingerprint density at radius 2 is 1.75 bits per heavy atom. The van der Waals surface area contributed by atoms with Crippen molar-refractivity contribution in [3.63, 3.8) is 0 Å². The third-order valence-corrected chi connectivity index (χ3v) is 3.78. The minimum absolute atomic E-state index is 0.0424. The van der Waals surface area contributed by atoms with Crippen molar-refractivity contribution >= 4 is 29.5 Å². The van der Waals surface area contributed by atoms with Crippen molar-refractivity contribution in [1.29, 1.82) is 0 Å². The topological polar surface area (TPSA) is 69.7 Å². The second-order valence-electron chi connectivity index (χ2n) is 4.76. The molecule has 0 aliphatic carbocycles. The molecule has 0 amide bonds. The van der Waals surface area contributed by atoms with Gasteiger partial charge < -0.3 is 9.47 Å². The van der Waals surface area contributed by atoms with Gasteiger partial charge in [-0.3, -0.25) is 9.59 Å². The van der Waals surface area contributed by atoms with Crippen LogP contribution in [0.4, 0.5) is 13.2 Å². The van der Waals surface area contributed by atoms with Crippen molar-refractivity contribution in [2.45, 2.75) is 24.4 Å². The molecular formula is C15H15F3O5S. The van der Waals surface area contributed by atoms with E-state index in [1.165, 1.54) is 31.4 Å². The van der Waals surface area contributed by atoms with Crippen LogP contribution in [0.2, 0.25) is 0 Å². The van der Waals surface area contributed by atoms with E-state index in [1.807, 2.05) is 0 Å². The Morgan fingerprint density at radius 1 is 1.17 bits per heavy atom.